The predicted molar refractivity (Wildman–Crippen MR) is 69.9 cm³/mol. The zero-order chi connectivity index (χ0) is 12.0. The lowest BCUT2D eigenvalue weighted by Crippen LogP contribution is -2.00. The quantitative estimate of drug-likeness (QED) is 0.768. The van der Waals surface area contributed by atoms with E-state index in [-0.39, 0.29) is 14.5 Å². The van der Waals surface area contributed by atoms with Crippen LogP contribution in [0.3, 0.4) is 0 Å². The molecule has 3 heteroatoms. The molecule has 0 heterocycles. The van der Waals surface area contributed by atoms with Crippen LogP contribution in [0.25, 0.3) is 0 Å². The highest BCUT2D eigenvalue weighted by Crippen LogP contribution is 2.27. The standard InChI is InChI=1S/C13H21O2Si/c1-4-15-13-10-11(7-8-12(13)14)6-5-9-16(2)3/h7-8,10,14H,4-6,9H2,1-3H3. The molecule has 1 N–H and O–H groups in total. The second-order valence-corrected chi connectivity index (χ2v) is 7.21. The van der Waals surface area contributed by atoms with E-state index in [0.29, 0.717) is 12.4 Å². The average Bonchev–Trinajstić information content (AvgIpc) is 2.22. The maximum Gasteiger partial charge on any atom is 0.161 e. The van der Waals surface area contributed by atoms with Gasteiger partial charge in [0.2, 0.25) is 0 Å². The number of rotatable bonds is 6. The molecule has 0 saturated heterocycles. The van der Waals surface area contributed by atoms with Crippen molar-refractivity contribution in [1.82, 2.24) is 0 Å². The van der Waals surface area contributed by atoms with Crippen LogP contribution < -0.4 is 4.74 Å². The molecule has 0 aromatic heterocycles. The predicted octanol–water partition coefficient (Wildman–Crippen LogP) is 3.48. The largest absolute Gasteiger partial charge is 0.504 e. The first-order valence-corrected chi connectivity index (χ1v) is 8.58. The third-order valence-electron chi connectivity index (χ3n) is 2.47. The van der Waals surface area contributed by atoms with E-state index in [4.69, 9.17) is 4.74 Å². The summed E-state index contributed by atoms with van der Waals surface area (Å²) in [7, 11) is -0.113. The van der Waals surface area contributed by atoms with E-state index >= 15 is 0 Å². The summed E-state index contributed by atoms with van der Waals surface area (Å²) in [6.07, 6.45) is 2.31. The molecule has 89 valence electrons. The Morgan fingerprint density at radius 2 is 2.06 bits per heavy atom. The van der Waals surface area contributed by atoms with Crippen LogP contribution in [-0.2, 0) is 6.42 Å². The Morgan fingerprint density at radius 1 is 1.31 bits per heavy atom. The Balaban J connectivity index is 2.56. The van der Waals surface area contributed by atoms with Gasteiger partial charge in [-0.3, -0.25) is 0 Å². The lowest BCUT2D eigenvalue weighted by atomic mass is 10.1. The van der Waals surface area contributed by atoms with Crippen molar-refractivity contribution in [2.24, 2.45) is 0 Å². The van der Waals surface area contributed by atoms with E-state index in [9.17, 15) is 5.11 Å². The fraction of sp³-hybridized carbons (Fsp3) is 0.538. The van der Waals surface area contributed by atoms with Gasteiger partial charge in [-0.15, -0.1) is 0 Å². The molecule has 0 aliphatic carbocycles. The molecule has 0 bridgehead atoms. The molecule has 0 spiro atoms. The van der Waals surface area contributed by atoms with Gasteiger partial charge in [-0.2, -0.15) is 0 Å². The van der Waals surface area contributed by atoms with Gasteiger partial charge in [-0.1, -0.05) is 31.6 Å². The molecule has 1 aromatic rings. The molecule has 2 nitrogen and oxygen atoms in total. The topological polar surface area (TPSA) is 29.5 Å². The zero-order valence-electron chi connectivity index (χ0n) is 10.4. The summed E-state index contributed by atoms with van der Waals surface area (Å²) in [6.45, 7) is 7.20. The maximum absolute atomic E-state index is 9.56. The van der Waals surface area contributed by atoms with Gasteiger partial charge < -0.3 is 9.84 Å². The Hall–Kier alpha value is -0.963. The number of phenolic OH excluding ortho intramolecular Hbond substituents is 1. The number of benzene rings is 1. The molecule has 1 aromatic carbocycles. The summed E-state index contributed by atoms with van der Waals surface area (Å²) in [4.78, 5) is 0. The lowest BCUT2D eigenvalue weighted by Gasteiger charge is -2.08. The highest BCUT2D eigenvalue weighted by molar-refractivity contribution is 6.55. The van der Waals surface area contributed by atoms with E-state index in [1.807, 2.05) is 19.1 Å². The van der Waals surface area contributed by atoms with Crippen LogP contribution in [0, 0.1) is 0 Å². The van der Waals surface area contributed by atoms with Gasteiger partial charge in [0.05, 0.1) is 6.61 Å². The van der Waals surface area contributed by atoms with Crippen molar-refractivity contribution in [3.63, 3.8) is 0 Å². The average molecular weight is 237 g/mol. The normalized spacial score (nSPS) is 10.8. The SMILES string of the molecule is CCOc1cc(CCC[Si](C)C)ccc1O. The minimum atomic E-state index is -0.113. The number of aryl methyl sites for hydroxylation is 1. The molecule has 16 heavy (non-hydrogen) atoms. The van der Waals surface area contributed by atoms with Crippen LogP contribution in [0.1, 0.15) is 18.9 Å². The Labute approximate surface area is 99.9 Å². The minimum absolute atomic E-state index is 0.113. The van der Waals surface area contributed by atoms with Gasteiger partial charge in [0.1, 0.15) is 0 Å². The van der Waals surface area contributed by atoms with Crippen molar-refractivity contribution in [3.8, 4) is 11.5 Å². The number of phenols is 1. The highest BCUT2D eigenvalue weighted by Gasteiger charge is 2.04. The Kier molecular flexibility index (Phi) is 5.39. The van der Waals surface area contributed by atoms with Crippen LogP contribution in [0.15, 0.2) is 18.2 Å². The van der Waals surface area contributed by atoms with Crippen LogP contribution in [0.5, 0.6) is 11.5 Å². The van der Waals surface area contributed by atoms with Gasteiger partial charge >= 0.3 is 0 Å². The van der Waals surface area contributed by atoms with Gasteiger partial charge in [0.25, 0.3) is 0 Å². The van der Waals surface area contributed by atoms with E-state index in [0.717, 1.165) is 6.42 Å². The number of aromatic hydroxyl groups is 1. The van der Waals surface area contributed by atoms with Crippen LogP contribution in [-0.4, -0.2) is 20.5 Å². The summed E-state index contributed by atoms with van der Waals surface area (Å²) < 4.78 is 5.36. The minimum Gasteiger partial charge on any atom is -0.504 e. The first-order chi connectivity index (χ1) is 7.63. The zero-order valence-corrected chi connectivity index (χ0v) is 11.4. The summed E-state index contributed by atoms with van der Waals surface area (Å²) in [5.74, 6) is 0.847. The molecular formula is C13H21O2Si. The van der Waals surface area contributed by atoms with Crippen molar-refractivity contribution in [2.45, 2.75) is 38.9 Å². The highest BCUT2D eigenvalue weighted by atomic mass is 28.3. The molecule has 0 saturated carbocycles. The second-order valence-electron chi connectivity index (χ2n) is 4.30. The Morgan fingerprint density at radius 3 is 2.69 bits per heavy atom. The van der Waals surface area contributed by atoms with Gasteiger partial charge in [0.15, 0.2) is 11.5 Å². The maximum atomic E-state index is 9.56. The Bertz CT molecular complexity index is 324. The first-order valence-electron chi connectivity index (χ1n) is 5.87. The third kappa shape index (κ3) is 4.27. The molecule has 0 atom stereocenters. The summed E-state index contributed by atoms with van der Waals surface area (Å²) in [5.41, 5.74) is 1.25. The van der Waals surface area contributed by atoms with Crippen LogP contribution in [0.4, 0.5) is 0 Å². The smallest absolute Gasteiger partial charge is 0.161 e. The van der Waals surface area contributed by atoms with E-state index in [1.165, 1.54) is 18.0 Å². The van der Waals surface area contributed by atoms with Crippen molar-refractivity contribution < 1.29 is 9.84 Å². The number of ether oxygens (including phenoxy) is 1. The molecule has 0 aliphatic rings. The van der Waals surface area contributed by atoms with E-state index < -0.39 is 0 Å². The molecule has 0 fully saturated rings. The first kappa shape index (κ1) is 13.1. The summed E-state index contributed by atoms with van der Waals surface area (Å²) in [5, 5.41) is 9.56. The lowest BCUT2D eigenvalue weighted by molar-refractivity contribution is 0.317. The van der Waals surface area contributed by atoms with Crippen molar-refractivity contribution in [1.29, 1.82) is 0 Å². The number of hydrogen-bond acceptors (Lipinski definition) is 2. The van der Waals surface area contributed by atoms with Gasteiger partial charge in [-0.25, -0.2) is 0 Å². The molecule has 0 amide bonds. The monoisotopic (exact) mass is 237 g/mol. The fourth-order valence-electron chi connectivity index (χ4n) is 1.63. The van der Waals surface area contributed by atoms with Crippen molar-refractivity contribution in [3.05, 3.63) is 23.8 Å². The molecule has 1 radical (unpaired) electrons. The fourth-order valence-corrected chi connectivity index (χ4v) is 2.52. The molecular weight excluding hydrogens is 216 g/mol. The van der Waals surface area contributed by atoms with Crippen molar-refractivity contribution in [2.75, 3.05) is 6.61 Å². The molecule has 0 unspecified atom stereocenters. The second kappa shape index (κ2) is 6.58. The van der Waals surface area contributed by atoms with E-state index in [1.54, 1.807) is 6.07 Å². The van der Waals surface area contributed by atoms with Crippen molar-refractivity contribution >= 4 is 8.80 Å². The summed E-state index contributed by atoms with van der Waals surface area (Å²) in [6, 6.07) is 7.01. The van der Waals surface area contributed by atoms with Crippen LogP contribution in [0.2, 0.25) is 19.1 Å². The van der Waals surface area contributed by atoms with Gasteiger partial charge in [0, 0.05) is 8.80 Å². The summed E-state index contributed by atoms with van der Waals surface area (Å²) >= 11 is 0. The van der Waals surface area contributed by atoms with Crippen LogP contribution >= 0.6 is 0 Å². The van der Waals surface area contributed by atoms with E-state index in [2.05, 4.69) is 13.1 Å². The van der Waals surface area contributed by atoms with Gasteiger partial charge in [-0.05, 0) is 31.0 Å². The molecule has 1 rings (SSSR count). The third-order valence-corrected chi connectivity index (χ3v) is 3.82. The number of hydrogen-bond donors (Lipinski definition) is 1. The molecule has 0 aliphatic heterocycles.